The quantitative estimate of drug-likeness (QED) is 0.328. The SMILES string of the molecule is C[C@@H](CCc1nc2ccccc2s1)OC(=O)c1cc([N+](=O)[O-])cc([N+](=O)[O-])c1. The van der Waals surface area contributed by atoms with Crippen molar-refractivity contribution in [1.82, 2.24) is 4.98 Å². The Labute approximate surface area is 162 Å². The minimum absolute atomic E-state index is 0.229. The number of hydrogen-bond donors (Lipinski definition) is 0. The van der Waals surface area contributed by atoms with E-state index in [4.69, 9.17) is 4.74 Å². The number of thiazole rings is 1. The third-order valence-corrected chi connectivity index (χ3v) is 5.07. The van der Waals surface area contributed by atoms with E-state index in [2.05, 4.69) is 4.98 Å². The molecule has 1 aromatic heterocycles. The van der Waals surface area contributed by atoms with E-state index < -0.39 is 33.3 Å². The summed E-state index contributed by atoms with van der Waals surface area (Å²) in [5, 5.41) is 22.8. The number of aromatic nitrogens is 1. The van der Waals surface area contributed by atoms with Crippen LogP contribution in [0.25, 0.3) is 10.2 Å². The van der Waals surface area contributed by atoms with Gasteiger partial charge in [0.25, 0.3) is 11.4 Å². The largest absolute Gasteiger partial charge is 0.459 e. The van der Waals surface area contributed by atoms with Crippen LogP contribution in [0.5, 0.6) is 0 Å². The molecule has 0 aliphatic heterocycles. The monoisotopic (exact) mass is 401 g/mol. The second-order valence-corrected chi connectivity index (χ2v) is 7.20. The zero-order valence-corrected chi connectivity index (χ0v) is 15.5. The van der Waals surface area contributed by atoms with Gasteiger partial charge < -0.3 is 4.74 Å². The molecule has 9 nitrogen and oxygen atoms in total. The number of ether oxygens (including phenoxy) is 1. The van der Waals surface area contributed by atoms with E-state index in [-0.39, 0.29) is 5.56 Å². The van der Waals surface area contributed by atoms with Gasteiger partial charge in [-0.2, -0.15) is 0 Å². The number of esters is 1. The van der Waals surface area contributed by atoms with Gasteiger partial charge >= 0.3 is 5.97 Å². The third kappa shape index (κ3) is 4.46. The number of hydrogen-bond acceptors (Lipinski definition) is 8. The number of aryl methyl sites for hydroxylation is 1. The molecule has 0 spiro atoms. The lowest BCUT2D eigenvalue weighted by molar-refractivity contribution is -0.394. The van der Waals surface area contributed by atoms with Crippen molar-refractivity contribution in [2.24, 2.45) is 0 Å². The highest BCUT2D eigenvalue weighted by Gasteiger charge is 2.22. The Morgan fingerprint density at radius 3 is 2.39 bits per heavy atom. The first-order valence-electron chi connectivity index (χ1n) is 8.33. The minimum Gasteiger partial charge on any atom is -0.459 e. The maximum absolute atomic E-state index is 12.3. The van der Waals surface area contributed by atoms with Crippen molar-refractivity contribution in [2.75, 3.05) is 0 Å². The lowest BCUT2D eigenvalue weighted by Gasteiger charge is -2.12. The van der Waals surface area contributed by atoms with Crippen molar-refractivity contribution in [2.45, 2.75) is 25.9 Å². The van der Waals surface area contributed by atoms with Crippen LogP contribution in [0.4, 0.5) is 11.4 Å². The summed E-state index contributed by atoms with van der Waals surface area (Å²) in [6.07, 6.45) is 0.615. The molecule has 1 heterocycles. The first-order chi connectivity index (χ1) is 13.3. The maximum Gasteiger partial charge on any atom is 0.338 e. The van der Waals surface area contributed by atoms with Crippen LogP contribution in [0.15, 0.2) is 42.5 Å². The van der Waals surface area contributed by atoms with Gasteiger partial charge in [0.1, 0.15) is 0 Å². The Kier molecular flexibility index (Phi) is 5.59. The first-order valence-corrected chi connectivity index (χ1v) is 9.14. The first kappa shape index (κ1) is 19.4. The number of non-ortho nitro benzene ring substituents is 2. The number of carbonyl (C=O) groups is 1. The summed E-state index contributed by atoms with van der Waals surface area (Å²) >= 11 is 1.56. The number of nitrogens with zero attached hydrogens (tertiary/aromatic N) is 3. The number of fused-ring (bicyclic) bond motifs is 1. The summed E-state index contributed by atoms with van der Waals surface area (Å²) < 4.78 is 6.37. The van der Waals surface area contributed by atoms with Crippen molar-refractivity contribution >= 4 is 38.9 Å². The fourth-order valence-corrected chi connectivity index (χ4v) is 3.57. The molecule has 0 saturated heterocycles. The molecule has 0 amide bonds. The van der Waals surface area contributed by atoms with Gasteiger partial charge in [0.15, 0.2) is 0 Å². The average molecular weight is 401 g/mol. The van der Waals surface area contributed by atoms with E-state index in [0.717, 1.165) is 33.4 Å². The average Bonchev–Trinajstić information content (AvgIpc) is 3.09. The Hall–Kier alpha value is -3.40. The Bertz CT molecular complexity index is 999. The molecule has 2 aromatic carbocycles. The summed E-state index contributed by atoms with van der Waals surface area (Å²) in [6.45, 7) is 1.69. The number of carbonyl (C=O) groups excluding carboxylic acids is 1. The van der Waals surface area contributed by atoms with Gasteiger partial charge in [-0.1, -0.05) is 12.1 Å². The number of benzene rings is 2. The number of rotatable bonds is 7. The third-order valence-electron chi connectivity index (χ3n) is 3.97. The highest BCUT2D eigenvalue weighted by atomic mass is 32.1. The molecule has 0 saturated carbocycles. The molecule has 144 valence electrons. The zero-order chi connectivity index (χ0) is 20.3. The normalized spacial score (nSPS) is 11.9. The second kappa shape index (κ2) is 8.09. The van der Waals surface area contributed by atoms with E-state index in [9.17, 15) is 25.0 Å². The van der Waals surface area contributed by atoms with E-state index >= 15 is 0 Å². The smallest absolute Gasteiger partial charge is 0.338 e. The van der Waals surface area contributed by atoms with Crippen LogP contribution in [0.2, 0.25) is 0 Å². The summed E-state index contributed by atoms with van der Waals surface area (Å²) in [5.74, 6) is -0.844. The minimum atomic E-state index is -0.844. The van der Waals surface area contributed by atoms with Crippen LogP contribution in [-0.2, 0) is 11.2 Å². The fourth-order valence-electron chi connectivity index (χ4n) is 2.59. The second-order valence-electron chi connectivity index (χ2n) is 6.08. The molecule has 0 radical (unpaired) electrons. The van der Waals surface area contributed by atoms with Gasteiger partial charge in [-0.15, -0.1) is 11.3 Å². The van der Waals surface area contributed by atoms with E-state index in [1.54, 1.807) is 18.3 Å². The Morgan fingerprint density at radius 1 is 1.14 bits per heavy atom. The number of nitro benzene ring substituents is 2. The van der Waals surface area contributed by atoms with E-state index in [1.165, 1.54) is 0 Å². The highest BCUT2D eigenvalue weighted by molar-refractivity contribution is 7.18. The van der Waals surface area contributed by atoms with Crippen LogP contribution in [-0.4, -0.2) is 26.9 Å². The lowest BCUT2D eigenvalue weighted by Crippen LogP contribution is -2.16. The molecule has 10 heteroatoms. The molecule has 3 rings (SSSR count). The van der Waals surface area contributed by atoms with Crippen molar-refractivity contribution in [3.63, 3.8) is 0 Å². The molecule has 0 aliphatic carbocycles. The van der Waals surface area contributed by atoms with Crippen LogP contribution < -0.4 is 0 Å². The van der Waals surface area contributed by atoms with Crippen molar-refractivity contribution in [3.05, 3.63) is 73.3 Å². The Balaban J connectivity index is 1.66. The fraction of sp³-hybridized carbons (Fsp3) is 0.222. The molecule has 0 bridgehead atoms. The van der Waals surface area contributed by atoms with Gasteiger partial charge in [-0.05, 0) is 25.5 Å². The zero-order valence-electron chi connectivity index (χ0n) is 14.7. The Morgan fingerprint density at radius 2 is 1.79 bits per heavy atom. The molecular weight excluding hydrogens is 386 g/mol. The van der Waals surface area contributed by atoms with Crippen molar-refractivity contribution in [3.8, 4) is 0 Å². The number of nitro groups is 2. The van der Waals surface area contributed by atoms with Gasteiger partial charge in [0, 0.05) is 18.6 Å². The van der Waals surface area contributed by atoms with Crippen LogP contribution >= 0.6 is 11.3 Å². The topological polar surface area (TPSA) is 125 Å². The lowest BCUT2D eigenvalue weighted by atomic mass is 10.1. The molecular formula is C18H15N3O6S. The molecule has 1 atom stereocenters. The van der Waals surface area contributed by atoms with E-state index in [0.29, 0.717) is 12.8 Å². The van der Waals surface area contributed by atoms with Gasteiger partial charge in [0.2, 0.25) is 0 Å². The molecule has 28 heavy (non-hydrogen) atoms. The predicted molar refractivity (Wildman–Crippen MR) is 103 cm³/mol. The summed E-state index contributed by atoms with van der Waals surface area (Å²) in [7, 11) is 0. The molecule has 0 N–H and O–H groups in total. The summed E-state index contributed by atoms with van der Waals surface area (Å²) in [6, 6.07) is 10.5. The summed E-state index contributed by atoms with van der Waals surface area (Å²) in [5.41, 5.74) is -0.393. The van der Waals surface area contributed by atoms with E-state index in [1.807, 2.05) is 24.3 Å². The molecule has 0 aliphatic rings. The van der Waals surface area contributed by atoms with Gasteiger partial charge in [-0.25, -0.2) is 9.78 Å². The predicted octanol–water partition coefficient (Wildman–Crippen LogP) is 4.29. The highest BCUT2D eigenvalue weighted by Crippen LogP contribution is 2.25. The molecule has 0 unspecified atom stereocenters. The van der Waals surface area contributed by atoms with Crippen LogP contribution in [0.3, 0.4) is 0 Å². The van der Waals surface area contributed by atoms with Gasteiger partial charge in [0.05, 0.1) is 42.8 Å². The van der Waals surface area contributed by atoms with Crippen molar-refractivity contribution < 1.29 is 19.4 Å². The molecule has 0 fully saturated rings. The van der Waals surface area contributed by atoms with Crippen molar-refractivity contribution in [1.29, 1.82) is 0 Å². The maximum atomic E-state index is 12.3. The van der Waals surface area contributed by atoms with Crippen LogP contribution in [0, 0.1) is 20.2 Å². The summed E-state index contributed by atoms with van der Waals surface area (Å²) in [4.78, 5) is 37.1. The standard InChI is InChI=1S/C18H15N3O6S/c1-11(6-7-17-19-15-4-2-3-5-16(15)28-17)27-18(22)12-8-13(20(23)24)10-14(9-12)21(25)26/h2-5,8-11H,6-7H2,1H3/t11-/m0/s1. The molecule has 3 aromatic rings. The number of para-hydroxylation sites is 1. The van der Waals surface area contributed by atoms with Gasteiger partial charge in [-0.3, -0.25) is 20.2 Å². The van der Waals surface area contributed by atoms with Crippen LogP contribution in [0.1, 0.15) is 28.7 Å².